The van der Waals surface area contributed by atoms with Crippen LogP contribution in [0.2, 0.25) is 0 Å². The molecule has 2 rings (SSSR count). The summed E-state index contributed by atoms with van der Waals surface area (Å²) in [5, 5.41) is 0. The summed E-state index contributed by atoms with van der Waals surface area (Å²) < 4.78 is 11.4. The fraction of sp³-hybridized carbons (Fsp3) is 0.833. The molecule has 1 aliphatic heterocycles. The van der Waals surface area contributed by atoms with E-state index < -0.39 is 0 Å². The summed E-state index contributed by atoms with van der Waals surface area (Å²) in [6.45, 7) is 6.76. The van der Waals surface area contributed by atoms with Crippen molar-refractivity contribution in [1.82, 2.24) is 0 Å². The van der Waals surface area contributed by atoms with Crippen LogP contribution in [0.25, 0.3) is 0 Å². The van der Waals surface area contributed by atoms with E-state index in [1.165, 1.54) is 25.7 Å². The molecule has 0 aromatic rings. The van der Waals surface area contributed by atoms with Crippen LogP contribution in [0.4, 0.5) is 0 Å². The van der Waals surface area contributed by atoms with Crippen molar-refractivity contribution in [3.8, 4) is 0 Å². The monoisotopic (exact) mass is 196 g/mol. The molecule has 1 aliphatic carbocycles. The van der Waals surface area contributed by atoms with E-state index in [2.05, 4.69) is 13.5 Å². The van der Waals surface area contributed by atoms with Crippen molar-refractivity contribution in [2.45, 2.75) is 45.0 Å². The van der Waals surface area contributed by atoms with Gasteiger partial charge in [0.25, 0.3) is 0 Å². The lowest BCUT2D eigenvalue weighted by molar-refractivity contribution is -0.102. The fourth-order valence-corrected chi connectivity index (χ4v) is 2.37. The molecule has 1 saturated heterocycles. The highest BCUT2D eigenvalue weighted by molar-refractivity contribution is 4.85. The minimum atomic E-state index is 0.0468. The minimum Gasteiger partial charge on any atom is -0.349 e. The van der Waals surface area contributed by atoms with Gasteiger partial charge in [0.05, 0.1) is 6.61 Å². The van der Waals surface area contributed by atoms with Gasteiger partial charge < -0.3 is 9.47 Å². The van der Waals surface area contributed by atoms with E-state index >= 15 is 0 Å². The summed E-state index contributed by atoms with van der Waals surface area (Å²) in [6.07, 6.45) is 7.18. The summed E-state index contributed by atoms with van der Waals surface area (Å²) >= 11 is 0. The minimum absolute atomic E-state index is 0.0468. The number of hydrogen-bond acceptors (Lipinski definition) is 2. The third-order valence-electron chi connectivity index (χ3n) is 3.44. The van der Waals surface area contributed by atoms with Crippen molar-refractivity contribution < 1.29 is 9.47 Å². The van der Waals surface area contributed by atoms with Crippen molar-refractivity contribution in [3.63, 3.8) is 0 Å². The Morgan fingerprint density at radius 3 is 2.50 bits per heavy atom. The van der Waals surface area contributed by atoms with Crippen LogP contribution < -0.4 is 0 Å². The quantitative estimate of drug-likeness (QED) is 0.632. The molecule has 2 unspecified atom stereocenters. The van der Waals surface area contributed by atoms with Gasteiger partial charge in [-0.2, -0.15) is 0 Å². The molecule has 2 fully saturated rings. The second-order valence-electron chi connectivity index (χ2n) is 4.63. The molecular weight excluding hydrogens is 176 g/mol. The van der Waals surface area contributed by atoms with Crippen LogP contribution >= 0.6 is 0 Å². The molecular formula is C12H20O2. The van der Waals surface area contributed by atoms with E-state index in [0.29, 0.717) is 12.5 Å². The number of ether oxygens (including phenoxy) is 2. The SMILES string of the molecule is C=CC1COC(C2CCC(C)CC2)O1. The summed E-state index contributed by atoms with van der Waals surface area (Å²) in [4.78, 5) is 0. The Morgan fingerprint density at radius 2 is 1.93 bits per heavy atom. The lowest BCUT2D eigenvalue weighted by Gasteiger charge is -2.29. The van der Waals surface area contributed by atoms with Crippen LogP contribution in [0.3, 0.4) is 0 Å². The van der Waals surface area contributed by atoms with Crippen molar-refractivity contribution in [3.05, 3.63) is 12.7 Å². The largest absolute Gasteiger partial charge is 0.349 e. The van der Waals surface area contributed by atoms with E-state index in [4.69, 9.17) is 9.47 Å². The highest BCUT2D eigenvalue weighted by Crippen LogP contribution is 2.34. The molecule has 0 spiro atoms. The average Bonchev–Trinajstić information content (AvgIpc) is 2.67. The maximum atomic E-state index is 5.75. The van der Waals surface area contributed by atoms with Crippen LogP contribution in [0, 0.1) is 11.8 Å². The molecule has 0 radical (unpaired) electrons. The van der Waals surface area contributed by atoms with Gasteiger partial charge in [0.15, 0.2) is 6.29 Å². The molecule has 0 amide bonds. The third kappa shape index (κ3) is 2.18. The Hall–Kier alpha value is -0.340. The maximum absolute atomic E-state index is 5.75. The average molecular weight is 196 g/mol. The van der Waals surface area contributed by atoms with Gasteiger partial charge in [-0.05, 0) is 18.8 Å². The topological polar surface area (TPSA) is 18.5 Å². The van der Waals surface area contributed by atoms with Crippen LogP contribution in [0.1, 0.15) is 32.6 Å². The van der Waals surface area contributed by atoms with Crippen LogP contribution in [0.15, 0.2) is 12.7 Å². The van der Waals surface area contributed by atoms with Gasteiger partial charge >= 0.3 is 0 Å². The highest BCUT2D eigenvalue weighted by atomic mass is 16.7. The van der Waals surface area contributed by atoms with Crippen molar-refractivity contribution >= 4 is 0 Å². The Morgan fingerprint density at radius 1 is 1.21 bits per heavy atom. The number of hydrogen-bond donors (Lipinski definition) is 0. The van der Waals surface area contributed by atoms with Gasteiger partial charge in [-0.25, -0.2) is 0 Å². The predicted octanol–water partition coefficient (Wildman–Crippen LogP) is 2.74. The van der Waals surface area contributed by atoms with Gasteiger partial charge in [-0.1, -0.05) is 25.8 Å². The van der Waals surface area contributed by atoms with E-state index in [1.807, 2.05) is 6.08 Å². The third-order valence-corrected chi connectivity index (χ3v) is 3.44. The molecule has 14 heavy (non-hydrogen) atoms. The molecule has 0 N–H and O–H groups in total. The zero-order chi connectivity index (χ0) is 9.97. The standard InChI is InChI=1S/C12H20O2/c1-3-11-8-13-12(14-11)10-6-4-9(2)5-7-10/h3,9-12H,1,4-8H2,2H3. The van der Waals surface area contributed by atoms with Gasteiger partial charge in [-0.15, -0.1) is 6.58 Å². The van der Waals surface area contributed by atoms with Gasteiger partial charge in [0.2, 0.25) is 0 Å². The first-order valence-corrected chi connectivity index (χ1v) is 5.69. The van der Waals surface area contributed by atoms with Crippen LogP contribution in [0.5, 0.6) is 0 Å². The maximum Gasteiger partial charge on any atom is 0.161 e. The van der Waals surface area contributed by atoms with Crippen molar-refractivity contribution in [2.24, 2.45) is 11.8 Å². The highest BCUT2D eigenvalue weighted by Gasteiger charge is 2.33. The predicted molar refractivity (Wildman–Crippen MR) is 55.9 cm³/mol. The van der Waals surface area contributed by atoms with E-state index in [-0.39, 0.29) is 12.4 Å². The van der Waals surface area contributed by atoms with Crippen LogP contribution in [-0.2, 0) is 9.47 Å². The first-order chi connectivity index (χ1) is 6.79. The normalized spacial score (nSPS) is 43.8. The summed E-state index contributed by atoms with van der Waals surface area (Å²) in [5.74, 6) is 1.51. The van der Waals surface area contributed by atoms with Crippen molar-refractivity contribution in [1.29, 1.82) is 0 Å². The zero-order valence-electron chi connectivity index (χ0n) is 8.95. The molecule has 80 valence electrons. The van der Waals surface area contributed by atoms with Crippen molar-refractivity contribution in [2.75, 3.05) is 6.61 Å². The Kier molecular flexibility index (Phi) is 3.24. The second kappa shape index (κ2) is 4.45. The molecule has 2 nitrogen and oxygen atoms in total. The van der Waals surface area contributed by atoms with E-state index in [1.54, 1.807) is 0 Å². The molecule has 2 aliphatic rings. The van der Waals surface area contributed by atoms with E-state index in [9.17, 15) is 0 Å². The van der Waals surface area contributed by atoms with E-state index in [0.717, 1.165) is 5.92 Å². The van der Waals surface area contributed by atoms with Gasteiger partial charge in [0.1, 0.15) is 6.10 Å². The van der Waals surface area contributed by atoms with Gasteiger partial charge in [0, 0.05) is 5.92 Å². The molecule has 0 bridgehead atoms. The molecule has 2 heteroatoms. The molecule has 0 aromatic heterocycles. The molecule has 2 atom stereocenters. The van der Waals surface area contributed by atoms with Crippen LogP contribution in [-0.4, -0.2) is 19.0 Å². The lowest BCUT2D eigenvalue weighted by atomic mass is 9.83. The zero-order valence-corrected chi connectivity index (χ0v) is 8.95. The molecule has 1 heterocycles. The summed E-state index contributed by atoms with van der Waals surface area (Å²) in [6, 6.07) is 0. The Bertz CT molecular complexity index is 194. The molecule has 0 aromatic carbocycles. The smallest absolute Gasteiger partial charge is 0.161 e. The lowest BCUT2D eigenvalue weighted by Crippen LogP contribution is -2.26. The first-order valence-electron chi connectivity index (χ1n) is 5.69. The Labute approximate surface area is 86.3 Å². The fourth-order valence-electron chi connectivity index (χ4n) is 2.37. The molecule has 1 saturated carbocycles. The first kappa shape index (κ1) is 10.2. The second-order valence-corrected chi connectivity index (χ2v) is 4.63. The summed E-state index contributed by atoms with van der Waals surface area (Å²) in [7, 11) is 0. The van der Waals surface area contributed by atoms with Gasteiger partial charge in [-0.3, -0.25) is 0 Å². The number of rotatable bonds is 2. The summed E-state index contributed by atoms with van der Waals surface area (Å²) in [5.41, 5.74) is 0. The Balaban J connectivity index is 1.82.